The van der Waals surface area contributed by atoms with E-state index in [-0.39, 0.29) is 18.2 Å². The van der Waals surface area contributed by atoms with Gasteiger partial charge in [-0.3, -0.25) is 9.59 Å². The molecule has 2 rings (SSSR count). The molecule has 0 bridgehead atoms. The van der Waals surface area contributed by atoms with Crippen LogP contribution in [0.3, 0.4) is 0 Å². The third kappa shape index (κ3) is 3.54. The van der Waals surface area contributed by atoms with E-state index in [2.05, 4.69) is 5.32 Å². The standard InChI is InChI=1S/C14H17FN2O3/c1-2-17-6-7-20-12(14(17)19)9-13(18)16-11-5-3-4-10(15)8-11/h3-5,8,12H,2,6-7,9H2,1H3,(H,16,18)/t12-/m1/s1. The number of benzene rings is 1. The largest absolute Gasteiger partial charge is 0.366 e. The summed E-state index contributed by atoms with van der Waals surface area (Å²) in [6, 6.07) is 5.61. The van der Waals surface area contributed by atoms with Crippen molar-refractivity contribution in [1.29, 1.82) is 0 Å². The summed E-state index contributed by atoms with van der Waals surface area (Å²) in [6.45, 7) is 3.46. The molecule has 0 spiro atoms. The van der Waals surface area contributed by atoms with Gasteiger partial charge in [0.15, 0.2) is 0 Å². The summed E-state index contributed by atoms with van der Waals surface area (Å²) >= 11 is 0. The maximum atomic E-state index is 13.0. The molecular weight excluding hydrogens is 263 g/mol. The van der Waals surface area contributed by atoms with E-state index in [0.29, 0.717) is 25.4 Å². The van der Waals surface area contributed by atoms with Crippen molar-refractivity contribution in [1.82, 2.24) is 4.90 Å². The predicted molar refractivity (Wildman–Crippen MR) is 71.6 cm³/mol. The molecule has 0 saturated carbocycles. The van der Waals surface area contributed by atoms with Crippen LogP contribution in [0.25, 0.3) is 0 Å². The van der Waals surface area contributed by atoms with E-state index >= 15 is 0 Å². The summed E-state index contributed by atoms with van der Waals surface area (Å²) in [7, 11) is 0. The minimum atomic E-state index is -0.753. The number of likely N-dealkylation sites (N-methyl/N-ethyl adjacent to an activating group) is 1. The Labute approximate surface area is 116 Å². The number of morpholine rings is 1. The number of halogens is 1. The van der Waals surface area contributed by atoms with E-state index in [0.717, 1.165) is 0 Å². The first-order chi connectivity index (χ1) is 9.60. The molecule has 108 valence electrons. The molecule has 20 heavy (non-hydrogen) atoms. The summed E-state index contributed by atoms with van der Waals surface area (Å²) in [4.78, 5) is 25.5. The van der Waals surface area contributed by atoms with Gasteiger partial charge in [-0.15, -0.1) is 0 Å². The number of hydrogen-bond acceptors (Lipinski definition) is 3. The van der Waals surface area contributed by atoms with Gasteiger partial charge in [0, 0.05) is 18.8 Å². The number of anilines is 1. The van der Waals surface area contributed by atoms with Gasteiger partial charge in [0.1, 0.15) is 11.9 Å². The number of nitrogens with zero attached hydrogens (tertiary/aromatic N) is 1. The van der Waals surface area contributed by atoms with Crippen LogP contribution in [-0.2, 0) is 14.3 Å². The van der Waals surface area contributed by atoms with Gasteiger partial charge in [-0.1, -0.05) is 6.07 Å². The number of rotatable bonds is 4. The number of nitrogens with one attached hydrogen (secondary N) is 1. The second-order valence-electron chi connectivity index (χ2n) is 4.54. The lowest BCUT2D eigenvalue weighted by molar-refractivity contribution is -0.154. The molecule has 0 radical (unpaired) electrons. The van der Waals surface area contributed by atoms with E-state index in [1.807, 2.05) is 6.92 Å². The Morgan fingerprint density at radius 3 is 3.05 bits per heavy atom. The topological polar surface area (TPSA) is 58.6 Å². The molecule has 1 atom stereocenters. The van der Waals surface area contributed by atoms with E-state index in [9.17, 15) is 14.0 Å². The van der Waals surface area contributed by atoms with Crippen molar-refractivity contribution < 1.29 is 18.7 Å². The Kier molecular flexibility index (Phi) is 4.68. The molecule has 0 aliphatic carbocycles. The first-order valence-corrected chi connectivity index (χ1v) is 6.56. The molecule has 1 fully saturated rings. The minimum absolute atomic E-state index is 0.0636. The second kappa shape index (κ2) is 6.47. The van der Waals surface area contributed by atoms with Crippen molar-refractivity contribution in [2.45, 2.75) is 19.4 Å². The Morgan fingerprint density at radius 1 is 1.55 bits per heavy atom. The highest BCUT2D eigenvalue weighted by Crippen LogP contribution is 2.13. The maximum Gasteiger partial charge on any atom is 0.252 e. The summed E-state index contributed by atoms with van der Waals surface area (Å²) < 4.78 is 18.3. The zero-order valence-electron chi connectivity index (χ0n) is 11.3. The first kappa shape index (κ1) is 14.5. The third-order valence-corrected chi connectivity index (χ3v) is 3.13. The Hall–Kier alpha value is -1.95. The molecule has 0 unspecified atom stereocenters. The van der Waals surface area contributed by atoms with Crippen LogP contribution in [0.2, 0.25) is 0 Å². The normalized spacial score (nSPS) is 19.0. The van der Waals surface area contributed by atoms with Crippen molar-refractivity contribution in [3.05, 3.63) is 30.1 Å². The van der Waals surface area contributed by atoms with Crippen LogP contribution in [0, 0.1) is 5.82 Å². The van der Waals surface area contributed by atoms with Crippen LogP contribution in [0.5, 0.6) is 0 Å². The summed E-state index contributed by atoms with van der Waals surface area (Å²) in [5.41, 5.74) is 0.366. The van der Waals surface area contributed by atoms with Gasteiger partial charge in [-0.25, -0.2) is 4.39 Å². The lowest BCUT2D eigenvalue weighted by Crippen LogP contribution is -2.48. The lowest BCUT2D eigenvalue weighted by atomic mass is 10.1. The Morgan fingerprint density at radius 2 is 2.35 bits per heavy atom. The van der Waals surface area contributed by atoms with Crippen molar-refractivity contribution >= 4 is 17.5 Å². The fraction of sp³-hybridized carbons (Fsp3) is 0.429. The van der Waals surface area contributed by atoms with Gasteiger partial charge in [0.25, 0.3) is 5.91 Å². The number of amides is 2. The van der Waals surface area contributed by atoms with Gasteiger partial charge >= 0.3 is 0 Å². The van der Waals surface area contributed by atoms with Crippen molar-refractivity contribution in [3.63, 3.8) is 0 Å². The van der Waals surface area contributed by atoms with Crippen LogP contribution in [0.4, 0.5) is 10.1 Å². The SMILES string of the molecule is CCN1CCO[C@H](CC(=O)Nc2cccc(F)c2)C1=O. The molecule has 5 nitrogen and oxygen atoms in total. The number of ether oxygens (including phenoxy) is 1. The molecule has 6 heteroatoms. The van der Waals surface area contributed by atoms with Gasteiger partial charge in [0.2, 0.25) is 5.91 Å². The van der Waals surface area contributed by atoms with Crippen molar-refractivity contribution in [2.75, 3.05) is 25.0 Å². The highest BCUT2D eigenvalue weighted by Gasteiger charge is 2.30. The molecule has 2 amide bonds. The van der Waals surface area contributed by atoms with Gasteiger partial charge in [-0.2, -0.15) is 0 Å². The summed E-state index contributed by atoms with van der Waals surface area (Å²) in [5, 5.41) is 2.55. The van der Waals surface area contributed by atoms with Crippen molar-refractivity contribution in [2.24, 2.45) is 0 Å². The van der Waals surface area contributed by atoms with E-state index in [4.69, 9.17) is 4.74 Å². The van der Waals surface area contributed by atoms with Crippen LogP contribution in [-0.4, -0.2) is 42.5 Å². The van der Waals surface area contributed by atoms with E-state index in [1.165, 1.54) is 18.2 Å². The van der Waals surface area contributed by atoms with Crippen LogP contribution in [0.15, 0.2) is 24.3 Å². The maximum absolute atomic E-state index is 13.0. The van der Waals surface area contributed by atoms with Gasteiger partial charge < -0.3 is 15.0 Å². The molecule has 1 N–H and O–H groups in total. The third-order valence-electron chi connectivity index (χ3n) is 3.13. The van der Waals surface area contributed by atoms with Crippen LogP contribution >= 0.6 is 0 Å². The number of hydrogen-bond donors (Lipinski definition) is 1. The summed E-state index contributed by atoms with van der Waals surface area (Å²) in [5.74, 6) is -0.968. The molecule has 1 aromatic rings. The van der Waals surface area contributed by atoms with E-state index in [1.54, 1.807) is 11.0 Å². The summed E-state index contributed by atoms with van der Waals surface area (Å²) in [6.07, 6.45) is -0.816. The molecule has 1 aliphatic heterocycles. The Bertz CT molecular complexity index is 507. The zero-order chi connectivity index (χ0) is 14.5. The molecule has 1 aromatic carbocycles. The number of carbonyl (C=O) groups excluding carboxylic acids is 2. The van der Waals surface area contributed by atoms with Gasteiger partial charge in [-0.05, 0) is 25.1 Å². The average Bonchev–Trinajstić information content (AvgIpc) is 2.41. The quantitative estimate of drug-likeness (QED) is 0.907. The second-order valence-corrected chi connectivity index (χ2v) is 4.54. The lowest BCUT2D eigenvalue weighted by Gasteiger charge is -2.31. The first-order valence-electron chi connectivity index (χ1n) is 6.56. The van der Waals surface area contributed by atoms with Crippen LogP contribution in [0.1, 0.15) is 13.3 Å². The van der Waals surface area contributed by atoms with Crippen LogP contribution < -0.4 is 5.32 Å². The van der Waals surface area contributed by atoms with Crippen molar-refractivity contribution in [3.8, 4) is 0 Å². The number of carbonyl (C=O) groups is 2. The van der Waals surface area contributed by atoms with Gasteiger partial charge in [0.05, 0.1) is 13.0 Å². The molecule has 1 heterocycles. The molecule has 0 aromatic heterocycles. The zero-order valence-corrected chi connectivity index (χ0v) is 11.3. The molecule has 1 aliphatic rings. The minimum Gasteiger partial charge on any atom is -0.366 e. The highest BCUT2D eigenvalue weighted by atomic mass is 19.1. The smallest absolute Gasteiger partial charge is 0.252 e. The van der Waals surface area contributed by atoms with E-state index < -0.39 is 11.9 Å². The monoisotopic (exact) mass is 280 g/mol. The highest BCUT2D eigenvalue weighted by molar-refractivity contribution is 5.95. The fourth-order valence-corrected chi connectivity index (χ4v) is 2.10. The fourth-order valence-electron chi connectivity index (χ4n) is 2.10. The predicted octanol–water partition coefficient (Wildman–Crippen LogP) is 1.40. The Balaban J connectivity index is 1.92. The average molecular weight is 280 g/mol. The molecule has 1 saturated heterocycles. The molecular formula is C14H17FN2O3.